The number of anilines is 1. The van der Waals surface area contributed by atoms with Crippen molar-refractivity contribution in [2.45, 2.75) is 6.42 Å². The van der Waals surface area contributed by atoms with E-state index in [9.17, 15) is 0 Å². The van der Waals surface area contributed by atoms with Gasteiger partial charge in [-0.2, -0.15) is 0 Å². The van der Waals surface area contributed by atoms with E-state index in [0.29, 0.717) is 10.8 Å². The first-order valence-corrected chi connectivity index (χ1v) is 5.37. The first-order chi connectivity index (χ1) is 6.24. The van der Waals surface area contributed by atoms with Gasteiger partial charge in [0.05, 0.1) is 11.9 Å². The van der Waals surface area contributed by atoms with E-state index in [4.69, 9.17) is 17.3 Å². The van der Waals surface area contributed by atoms with E-state index in [1.165, 1.54) is 0 Å². The van der Waals surface area contributed by atoms with Crippen molar-refractivity contribution >= 4 is 39.3 Å². The van der Waals surface area contributed by atoms with Crippen LogP contribution in [-0.4, -0.2) is 10.3 Å². The van der Waals surface area contributed by atoms with Gasteiger partial charge in [-0.15, -0.1) is 0 Å². The predicted molar refractivity (Wildman–Crippen MR) is 61.1 cm³/mol. The Balaban J connectivity index is 2.81. The van der Waals surface area contributed by atoms with Crippen molar-refractivity contribution in [1.82, 2.24) is 4.98 Å². The summed E-state index contributed by atoms with van der Waals surface area (Å²) in [7, 11) is 0. The molecule has 0 saturated heterocycles. The molecule has 1 aromatic heterocycles. The zero-order valence-electron chi connectivity index (χ0n) is 7.00. The number of nitrogens with two attached hydrogens (primary N) is 1. The van der Waals surface area contributed by atoms with Gasteiger partial charge in [0.15, 0.2) is 0 Å². The van der Waals surface area contributed by atoms with Gasteiger partial charge in [-0.3, -0.25) is 0 Å². The maximum atomic E-state index is 5.85. The van der Waals surface area contributed by atoms with Crippen molar-refractivity contribution in [3.8, 4) is 0 Å². The quantitative estimate of drug-likeness (QED) is 0.671. The Morgan fingerprint density at radius 2 is 2.38 bits per heavy atom. The zero-order valence-corrected chi connectivity index (χ0v) is 9.35. The molecular formula is C9H10BrClN2. The zero-order chi connectivity index (χ0) is 9.68. The topological polar surface area (TPSA) is 38.9 Å². The maximum absolute atomic E-state index is 5.85. The Morgan fingerprint density at radius 3 is 3.08 bits per heavy atom. The van der Waals surface area contributed by atoms with E-state index in [-0.39, 0.29) is 0 Å². The minimum atomic E-state index is 0.486. The molecule has 0 aromatic carbocycles. The van der Waals surface area contributed by atoms with Crippen LogP contribution < -0.4 is 5.73 Å². The average molecular weight is 262 g/mol. The third-order valence-corrected chi connectivity index (χ3v) is 2.23. The van der Waals surface area contributed by atoms with Crippen LogP contribution in [0.25, 0.3) is 6.08 Å². The minimum absolute atomic E-state index is 0.486. The molecule has 0 amide bonds. The summed E-state index contributed by atoms with van der Waals surface area (Å²) in [6.45, 7) is 0. The lowest BCUT2D eigenvalue weighted by molar-refractivity contribution is 1.26. The van der Waals surface area contributed by atoms with Crippen molar-refractivity contribution in [3.05, 3.63) is 29.1 Å². The molecule has 0 aliphatic rings. The van der Waals surface area contributed by atoms with Crippen molar-refractivity contribution in [2.75, 3.05) is 11.1 Å². The number of pyridine rings is 1. The fraction of sp³-hybridized carbons (Fsp3) is 0.222. The molecule has 1 aromatic rings. The summed E-state index contributed by atoms with van der Waals surface area (Å²) in [6.07, 6.45) is 6.46. The van der Waals surface area contributed by atoms with Crippen LogP contribution in [0.2, 0.25) is 5.15 Å². The molecule has 4 heteroatoms. The van der Waals surface area contributed by atoms with Crippen molar-refractivity contribution in [3.63, 3.8) is 0 Å². The molecule has 0 atom stereocenters. The van der Waals surface area contributed by atoms with Gasteiger partial charge < -0.3 is 5.73 Å². The highest BCUT2D eigenvalue weighted by Gasteiger charge is 1.97. The van der Waals surface area contributed by atoms with Gasteiger partial charge in [-0.05, 0) is 12.5 Å². The SMILES string of the molecule is Nc1cnc(Cl)c(C=CCCBr)c1. The summed E-state index contributed by atoms with van der Waals surface area (Å²) in [4.78, 5) is 3.93. The number of aromatic nitrogens is 1. The van der Waals surface area contributed by atoms with Crippen molar-refractivity contribution in [2.24, 2.45) is 0 Å². The molecule has 0 fully saturated rings. The van der Waals surface area contributed by atoms with Crippen LogP contribution in [0.1, 0.15) is 12.0 Å². The highest BCUT2D eigenvalue weighted by atomic mass is 79.9. The summed E-state index contributed by atoms with van der Waals surface area (Å²) in [5.74, 6) is 0. The molecule has 13 heavy (non-hydrogen) atoms. The Labute approximate surface area is 90.9 Å². The molecule has 2 N–H and O–H groups in total. The largest absolute Gasteiger partial charge is 0.397 e. The van der Waals surface area contributed by atoms with E-state index in [0.717, 1.165) is 17.3 Å². The second-order valence-electron chi connectivity index (χ2n) is 2.53. The molecule has 70 valence electrons. The van der Waals surface area contributed by atoms with E-state index in [1.807, 2.05) is 12.2 Å². The average Bonchev–Trinajstić information content (AvgIpc) is 2.11. The molecule has 0 aliphatic heterocycles. The van der Waals surface area contributed by atoms with E-state index in [2.05, 4.69) is 20.9 Å². The molecule has 0 saturated carbocycles. The second kappa shape index (κ2) is 5.25. The first-order valence-electron chi connectivity index (χ1n) is 3.87. The van der Waals surface area contributed by atoms with Gasteiger partial charge in [0.1, 0.15) is 5.15 Å². The number of alkyl halides is 1. The van der Waals surface area contributed by atoms with Crippen LogP contribution in [0.15, 0.2) is 18.3 Å². The summed E-state index contributed by atoms with van der Waals surface area (Å²) >= 11 is 9.18. The number of hydrogen-bond acceptors (Lipinski definition) is 2. The van der Waals surface area contributed by atoms with Crippen LogP contribution >= 0.6 is 27.5 Å². The number of hydrogen-bond donors (Lipinski definition) is 1. The standard InChI is InChI=1S/C9H10BrClN2/c10-4-2-1-3-7-5-8(12)6-13-9(7)11/h1,3,5-6H,2,4,12H2. The third kappa shape index (κ3) is 3.36. The predicted octanol–water partition coefficient (Wildman–Crippen LogP) is 3.12. The highest BCUT2D eigenvalue weighted by Crippen LogP contribution is 2.17. The van der Waals surface area contributed by atoms with Crippen LogP contribution in [0.5, 0.6) is 0 Å². The summed E-state index contributed by atoms with van der Waals surface area (Å²) in [5.41, 5.74) is 7.06. The van der Waals surface area contributed by atoms with Gasteiger partial charge in [0.25, 0.3) is 0 Å². The van der Waals surface area contributed by atoms with Crippen molar-refractivity contribution in [1.29, 1.82) is 0 Å². The molecule has 0 unspecified atom stereocenters. The normalized spacial score (nSPS) is 10.9. The van der Waals surface area contributed by atoms with Gasteiger partial charge in [-0.1, -0.05) is 39.7 Å². The number of rotatable bonds is 3. The van der Waals surface area contributed by atoms with E-state index in [1.54, 1.807) is 12.3 Å². The fourth-order valence-corrected chi connectivity index (χ4v) is 1.30. The summed E-state index contributed by atoms with van der Waals surface area (Å²) in [6, 6.07) is 1.81. The molecule has 2 nitrogen and oxygen atoms in total. The lowest BCUT2D eigenvalue weighted by Gasteiger charge is -1.98. The first kappa shape index (κ1) is 10.5. The molecular weight excluding hydrogens is 251 g/mol. The van der Waals surface area contributed by atoms with Gasteiger partial charge in [-0.25, -0.2) is 4.98 Å². The summed E-state index contributed by atoms with van der Waals surface area (Å²) in [5, 5.41) is 1.43. The maximum Gasteiger partial charge on any atom is 0.136 e. The summed E-state index contributed by atoms with van der Waals surface area (Å²) < 4.78 is 0. The Bertz CT molecular complexity index is 312. The molecule has 0 spiro atoms. The highest BCUT2D eigenvalue weighted by molar-refractivity contribution is 9.09. The number of nitrogen functional groups attached to an aromatic ring is 1. The van der Waals surface area contributed by atoms with Gasteiger partial charge >= 0.3 is 0 Å². The second-order valence-corrected chi connectivity index (χ2v) is 3.68. The van der Waals surface area contributed by atoms with Crippen LogP contribution in [0.4, 0.5) is 5.69 Å². The van der Waals surface area contributed by atoms with Gasteiger partial charge in [0.2, 0.25) is 0 Å². The minimum Gasteiger partial charge on any atom is -0.397 e. The number of allylic oxidation sites excluding steroid dienone is 1. The molecule has 0 radical (unpaired) electrons. The van der Waals surface area contributed by atoms with Crippen LogP contribution in [0, 0.1) is 0 Å². The third-order valence-electron chi connectivity index (χ3n) is 1.46. The molecule has 0 aliphatic carbocycles. The number of nitrogens with zero attached hydrogens (tertiary/aromatic N) is 1. The van der Waals surface area contributed by atoms with Crippen LogP contribution in [-0.2, 0) is 0 Å². The monoisotopic (exact) mass is 260 g/mol. The number of halogens is 2. The Kier molecular flexibility index (Phi) is 4.25. The Hall–Kier alpha value is -0.540. The van der Waals surface area contributed by atoms with E-state index >= 15 is 0 Å². The van der Waals surface area contributed by atoms with Crippen LogP contribution in [0.3, 0.4) is 0 Å². The van der Waals surface area contributed by atoms with E-state index < -0.39 is 0 Å². The fourth-order valence-electron chi connectivity index (χ4n) is 0.872. The smallest absolute Gasteiger partial charge is 0.136 e. The molecule has 1 rings (SSSR count). The lowest BCUT2D eigenvalue weighted by Crippen LogP contribution is -1.88. The van der Waals surface area contributed by atoms with Gasteiger partial charge in [0, 0.05) is 10.9 Å². The molecule has 1 heterocycles. The molecule has 0 bridgehead atoms. The van der Waals surface area contributed by atoms with Crippen molar-refractivity contribution < 1.29 is 0 Å². The Morgan fingerprint density at radius 1 is 1.62 bits per heavy atom. The lowest BCUT2D eigenvalue weighted by atomic mass is 10.2.